The van der Waals surface area contributed by atoms with Crippen LogP contribution in [0, 0.1) is 5.82 Å². The van der Waals surface area contributed by atoms with Gasteiger partial charge in [-0.25, -0.2) is 32.7 Å². The molecule has 0 atom stereocenters. The van der Waals surface area contributed by atoms with E-state index in [4.69, 9.17) is 20.4 Å². The summed E-state index contributed by atoms with van der Waals surface area (Å²) in [5, 5.41) is 0. The Balaban J connectivity index is 1.23. The number of benzene rings is 1. The van der Waals surface area contributed by atoms with Gasteiger partial charge in [0.25, 0.3) is 0 Å². The number of anilines is 2. The van der Waals surface area contributed by atoms with Crippen LogP contribution < -0.4 is 10.6 Å². The largest absolute Gasteiger partial charge is 0.378 e. The third kappa shape index (κ3) is 5.30. The maximum Gasteiger partial charge on any atom is 0.246 e. The molecular weight excluding hydrogens is 543 g/mol. The summed E-state index contributed by atoms with van der Waals surface area (Å²) < 4.78 is 48.0. The third-order valence-electron chi connectivity index (χ3n) is 6.81. The van der Waals surface area contributed by atoms with Crippen LogP contribution >= 0.6 is 11.3 Å². The molecule has 0 radical (unpaired) electrons. The topological polar surface area (TPSA) is 131 Å². The van der Waals surface area contributed by atoms with Crippen LogP contribution in [0.15, 0.2) is 47.6 Å². The monoisotopic (exact) mass is 570 g/mol. The van der Waals surface area contributed by atoms with Crippen LogP contribution in [0.3, 0.4) is 0 Å². The quantitative estimate of drug-likeness (QED) is 0.368. The Kier molecular flexibility index (Phi) is 7.12. The first-order valence-electron chi connectivity index (χ1n) is 12.6. The minimum absolute atomic E-state index is 0.188. The van der Waals surface area contributed by atoms with Crippen molar-refractivity contribution < 1.29 is 17.5 Å². The Morgan fingerprint density at radius 2 is 1.72 bits per heavy atom. The number of ether oxygens (including phenoxy) is 1. The number of halogens is 1. The molecule has 14 heteroatoms. The molecule has 3 aromatic heterocycles. The van der Waals surface area contributed by atoms with E-state index >= 15 is 0 Å². The molecule has 4 aromatic rings. The number of piperazine rings is 1. The Morgan fingerprint density at radius 3 is 2.44 bits per heavy atom. The zero-order chi connectivity index (χ0) is 27.0. The molecule has 2 fully saturated rings. The lowest BCUT2D eigenvalue weighted by Crippen LogP contribution is -2.48. The fraction of sp³-hybridized carbons (Fsp3) is 0.360. The highest BCUT2D eigenvalue weighted by molar-refractivity contribution is 7.89. The Bertz CT molecular complexity index is 1580. The van der Waals surface area contributed by atoms with Gasteiger partial charge in [-0.1, -0.05) is 12.1 Å². The van der Waals surface area contributed by atoms with Gasteiger partial charge in [0.2, 0.25) is 16.0 Å². The Morgan fingerprint density at radius 1 is 1.00 bits per heavy atom. The molecule has 204 valence electrons. The fourth-order valence-electron chi connectivity index (χ4n) is 4.76. The van der Waals surface area contributed by atoms with Crippen molar-refractivity contribution in [1.82, 2.24) is 29.1 Å². The van der Waals surface area contributed by atoms with E-state index in [9.17, 15) is 12.8 Å². The van der Waals surface area contributed by atoms with E-state index in [1.54, 1.807) is 23.7 Å². The van der Waals surface area contributed by atoms with Gasteiger partial charge in [0.05, 0.1) is 29.0 Å². The number of hydrogen-bond acceptors (Lipinski definition) is 11. The zero-order valence-corrected chi connectivity index (χ0v) is 22.7. The molecule has 5 heterocycles. The third-order valence-corrected chi connectivity index (χ3v) is 9.85. The van der Waals surface area contributed by atoms with Gasteiger partial charge in [-0.15, -0.1) is 11.3 Å². The van der Waals surface area contributed by atoms with E-state index in [1.165, 1.54) is 28.6 Å². The number of thiophene rings is 1. The number of fused-ring (bicyclic) bond motifs is 1. The van der Waals surface area contributed by atoms with E-state index < -0.39 is 15.8 Å². The number of morpholine rings is 1. The van der Waals surface area contributed by atoms with Crippen LogP contribution in [0.4, 0.5) is 16.2 Å². The highest BCUT2D eigenvalue weighted by Crippen LogP contribution is 2.35. The lowest BCUT2D eigenvalue weighted by atomic mass is 10.3. The first-order chi connectivity index (χ1) is 18.9. The number of nitrogen functional groups attached to an aromatic ring is 1. The van der Waals surface area contributed by atoms with Crippen molar-refractivity contribution >= 4 is 43.3 Å². The first kappa shape index (κ1) is 26.0. The number of nitrogens with zero attached hydrogens (tertiary/aromatic N) is 7. The van der Waals surface area contributed by atoms with E-state index in [0.29, 0.717) is 57.3 Å². The maximum absolute atomic E-state index is 14.2. The molecule has 0 bridgehead atoms. The molecule has 0 amide bonds. The van der Waals surface area contributed by atoms with E-state index in [2.05, 4.69) is 25.8 Å². The van der Waals surface area contributed by atoms with E-state index in [0.717, 1.165) is 34.0 Å². The Labute approximate surface area is 229 Å². The number of nitrogens with two attached hydrogens (primary N) is 1. The van der Waals surface area contributed by atoms with Crippen LogP contribution in [-0.4, -0.2) is 90.0 Å². The van der Waals surface area contributed by atoms with Crippen LogP contribution in [0.2, 0.25) is 0 Å². The van der Waals surface area contributed by atoms with Gasteiger partial charge >= 0.3 is 0 Å². The summed E-state index contributed by atoms with van der Waals surface area (Å²) in [5.74, 6) is 0.840. The normalized spacial score (nSPS) is 17.6. The van der Waals surface area contributed by atoms with E-state index in [1.807, 2.05) is 0 Å². The highest BCUT2D eigenvalue weighted by Gasteiger charge is 2.31. The van der Waals surface area contributed by atoms with Gasteiger partial charge in [-0.2, -0.15) is 4.31 Å². The molecule has 0 unspecified atom stereocenters. The van der Waals surface area contributed by atoms with Crippen LogP contribution in [0.5, 0.6) is 0 Å². The highest BCUT2D eigenvalue weighted by atomic mass is 32.2. The molecule has 6 rings (SSSR count). The minimum atomic E-state index is -3.88. The second-order valence-corrected chi connectivity index (χ2v) is 12.4. The van der Waals surface area contributed by atoms with Gasteiger partial charge < -0.3 is 15.4 Å². The molecule has 2 N–H and O–H groups in total. The summed E-state index contributed by atoms with van der Waals surface area (Å²) in [5.41, 5.74) is 7.18. The minimum Gasteiger partial charge on any atom is -0.378 e. The second kappa shape index (κ2) is 10.7. The Hall–Kier alpha value is -3.30. The zero-order valence-electron chi connectivity index (χ0n) is 21.0. The molecule has 0 aliphatic carbocycles. The molecule has 11 nitrogen and oxygen atoms in total. The van der Waals surface area contributed by atoms with Gasteiger partial charge in [-0.05, 0) is 18.2 Å². The van der Waals surface area contributed by atoms with Crippen molar-refractivity contribution in [2.75, 3.05) is 63.1 Å². The summed E-state index contributed by atoms with van der Waals surface area (Å²) in [4.78, 5) is 23.1. The van der Waals surface area contributed by atoms with Gasteiger partial charge in [-0.3, -0.25) is 4.90 Å². The van der Waals surface area contributed by atoms with Crippen LogP contribution in [0.25, 0.3) is 21.6 Å². The number of aromatic nitrogens is 4. The van der Waals surface area contributed by atoms with Crippen molar-refractivity contribution in [2.45, 2.75) is 11.4 Å². The summed E-state index contributed by atoms with van der Waals surface area (Å²) in [6.45, 7) is 5.04. The summed E-state index contributed by atoms with van der Waals surface area (Å²) in [7, 11) is -3.88. The predicted molar refractivity (Wildman–Crippen MR) is 146 cm³/mol. The van der Waals surface area contributed by atoms with Crippen molar-refractivity contribution in [3.05, 3.63) is 53.4 Å². The van der Waals surface area contributed by atoms with Crippen molar-refractivity contribution in [3.63, 3.8) is 0 Å². The molecular formula is C25H27FN8O3S2. The summed E-state index contributed by atoms with van der Waals surface area (Å²) in [6.07, 6.45) is 3.24. The molecule has 39 heavy (non-hydrogen) atoms. The SMILES string of the molecule is Nc1ncc(-c2nc(N3CCOCC3)c3sc(CN4CCN(S(=O)(=O)c5ccccc5F)CC4)cc3n2)cn1. The molecule has 2 saturated heterocycles. The average molecular weight is 571 g/mol. The molecule has 0 spiro atoms. The first-order valence-corrected chi connectivity index (χ1v) is 14.8. The molecule has 0 saturated carbocycles. The average Bonchev–Trinajstić information content (AvgIpc) is 3.36. The summed E-state index contributed by atoms with van der Waals surface area (Å²) in [6, 6.07) is 7.57. The van der Waals surface area contributed by atoms with Gasteiger partial charge in [0.15, 0.2) is 11.6 Å². The number of rotatable bonds is 6. The fourth-order valence-corrected chi connectivity index (χ4v) is 7.40. The lowest BCUT2D eigenvalue weighted by molar-refractivity contribution is 0.122. The molecule has 1 aromatic carbocycles. The standard InChI is InChI=1S/C25H27FN8O3S2/c26-19-3-1-2-4-21(19)39(35,36)34-7-5-32(6-8-34)16-18-13-20-22(38-18)24(33-9-11-37-12-10-33)31-23(30-20)17-14-28-25(27)29-15-17/h1-4,13-15H,5-12,16H2,(H2,27,28,29). The number of hydrogen-bond donors (Lipinski definition) is 1. The van der Waals surface area contributed by atoms with Crippen molar-refractivity contribution in [1.29, 1.82) is 0 Å². The predicted octanol–water partition coefficient (Wildman–Crippen LogP) is 2.21. The van der Waals surface area contributed by atoms with Crippen molar-refractivity contribution in [3.8, 4) is 11.4 Å². The lowest BCUT2D eigenvalue weighted by Gasteiger charge is -2.33. The van der Waals surface area contributed by atoms with E-state index in [-0.39, 0.29) is 10.8 Å². The molecule has 2 aliphatic rings. The summed E-state index contributed by atoms with van der Waals surface area (Å²) >= 11 is 1.64. The van der Waals surface area contributed by atoms with Crippen molar-refractivity contribution in [2.24, 2.45) is 0 Å². The maximum atomic E-state index is 14.2. The smallest absolute Gasteiger partial charge is 0.246 e. The van der Waals surface area contributed by atoms with Gasteiger partial charge in [0, 0.05) is 63.1 Å². The molecule has 2 aliphatic heterocycles. The second-order valence-electron chi connectivity index (χ2n) is 9.34. The van der Waals surface area contributed by atoms with Gasteiger partial charge in [0.1, 0.15) is 10.7 Å². The number of sulfonamides is 1. The van der Waals surface area contributed by atoms with Crippen LogP contribution in [-0.2, 0) is 21.3 Å². The van der Waals surface area contributed by atoms with Crippen LogP contribution in [0.1, 0.15) is 4.88 Å².